The van der Waals surface area contributed by atoms with Gasteiger partial charge in [0.15, 0.2) is 0 Å². The lowest BCUT2D eigenvalue weighted by atomic mass is 10.00. The highest BCUT2D eigenvalue weighted by Gasteiger charge is 2.18. The molecule has 0 unspecified atom stereocenters. The van der Waals surface area contributed by atoms with Crippen LogP contribution in [0, 0.1) is 12.3 Å². The first kappa shape index (κ1) is 20.2. The average Bonchev–Trinajstić information content (AvgIpc) is 2.71. The predicted octanol–water partition coefficient (Wildman–Crippen LogP) is 5.87. The molecule has 29 heavy (non-hydrogen) atoms. The molecule has 3 heteroatoms. The van der Waals surface area contributed by atoms with E-state index >= 15 is 0 Å². The van der Waals surface area contributed by atoms with Crippen LogP contribution in [0.25, 0.3) is 11.1 Å². The Morgan fingerprint density at radius 1 is 0.931 bits per heavy atom. The van der Waals surface area contributed by atoms with E-state index in [-0.39, 0.29) is 5.97 Å². The number of hydrogen-bond donors (Lipinski definition) is 0. The average molecular weight is 384 g/mol. The van der Waals surface area contributed by atoms with Crippen LogP contribution in [0.5, 0.6) is 5.75 Å². The lowest BCUT2D eigenvalue weighted by molar-refractivity contribution is 0.00695. The molecule has 0 saturated heterocycles. The topological polar surface area (TPSA) is 35.5 Å². The van der Waals surface area contributed by atoms with Crippen molar-refractivity contribution in [2.24, 2.45) is 0 Å². The number of carbonyl (C=O) groups excluding carboxylic acids is 1. The van der Waals surface area contributed by atoms with Crippen LogP contribution in [-0.4, -0.2) is 11.6 Å². The fraction of sp³-hybridized carbons (Fsp3) is 0.192. The Morgan fingerprint density at radius 2 is 1.62 bits per heavy atom. The van der Waals surface area contributed by atoms with Crippen molar-refractivity contribution in [1.29, 1.82) is 0 Å². The molecule has 0 amide bonds. The molecule has 0 aliphatic carbocycles. The van der Waals surface area contributed by atoms with Crippen molar-refractivity contribution >= 4 is 5.97 Å². The molecule has 0 N–H and O–H groups in total. The van der Waals surface area contributed by atoms with Crippen LogP contribution in [-0.2, 0) is 11.3 Å². The van der Waals surface area contributed by atoms with Gasteiger partial charge in [-0.25, -0.2) is 4.79 Å². The summed E-state index contributed by atoms with van der Waals surface area (Å²) < 4.78 is 11.5. The molecule has 0 fully saturated rings. The van der Waals surface area contributed by atoms with E-state index in [0.29, 0.717) is 23.5 Å². The number of rotatable bonds is 5. The van der Waals surface area contributed by atoms with Gasteiger partial charge in [0.1, 0.15) is 18.0 Å². The number of ether oxygens (including phenoxy) is 2. The van der Waals surface area contributed by atoms with E-state index in [9.17, 15) is 4.79 Å². The summed E-state index contributed by atoms with van der Waals surface area (Å²) in [5, 5.41) is 0. The summed E-state index contributed by atoms with van der Waals surface area (Å²) in [4.78, 5) is 12.3. The Kier molecular flexibility index (Phi) is 6.04. The minimum Gasteiger partial charge on any atom is -0.487 e. The van der Waals surface area contributed by atoms with Crippen LogP contribution in [0.2, 0.25) is 0 Å². The second-order valence-electron chi connectivity index (χ2n) is 7.68. The van der Waals surface area contributed by atoms with E-state index in [1.165, 1.54) is 0 Å². The third-order valence-electron chi connectivity index (χ3n) is 4.23. The van der Waals surface area contributed by atoms with Crippen molar-refractivity contribution in [3.8, 4) is 29.2 Å². The van der Waals surface area contributed by atoms with Crippen LogP contribution in [0.15, 0.2) is 72.8 Å². The number of benzene rings is 3. The summed E-state index contributed by atoms with van der Waals surface area (Å²) in [6.07, 6.45) is 5.70. The fourth-order valence-corrected chi connectivity index (χ4v) is 2.89. The van der Waals surface area contributed by atoms with Crippen LogP contribution in [0.1, 0.15) is 42.3 Å². The molecule has 0 spiro atoms. The summed E-state index contributed by atoms with van der Waals surface area (Å²) in [6, 6.07) is 22.9. The molecule has 0 saturated carbocycles. The first-order chi connectivity index (χ1) is 13.9. The van der Waals surface area contributed by atoms with Crippen molar-refractivity contribution in [3.05, 3.63) is 89.5 Å². The van der Waals surface area contributed by atoms with E-state index in [0.717, 1.165) is 16.7 Å². The zero-order chi connectivity index (χ0) is 20.9. The monoisotopic (exact) mass is 384 g/mol. The van der Waals surface area contributed by atoms with Gasteiger partial charge in [0, 0.05) is 5.56 Å². The Labute approximate surface area is 172 Å². The van der Waals surface area contributed by atoms with Gasteiger partial charge in [0.2, 0.25) is 0 Å². The molecule has 0 aliphatic heterocycles. The summed E-state index contributed by atoms with van der Waals surface area (Å²) in [5.41, 5.74) is 3.52. The third kappa shape index (κ3) is 5.27. The van der Waals surface area contributed by atoms with Gasteiger partial charge in [-0.3, -0.25) is 0 Å². The van der Waals surface area contributed by atoms with Gasteiger partial charge in [0.25, 0.3) is 0 Å². The summed E-state index contributed by atoms with van der Waals surface area (Å²) in [5.74, 6) is 3.01. The van der Waals surface area contributed by atoms with E-state index in [1.54, 1.807) is 12.1 Å². The largest absolute Gasteiger partial charge is 0.487 e. The van der Waals surface area contributed by atoms with Crippen molar-refractivity contribution < 1.29 is 14.3 Å². The normalized spacial score (nSPS) is 10.8. The Morgan fingerprint density at radius 3 is 2.24 bits per heavy atom. The van der Waals surface area contributed by atoms with Crippen LogP contribution in [0.4, 0.5) is 0 Å². The molecule has 0 heterocycles. The van der Waals surface area contributed by atoms with Crippen LogP contribution >= 0.6 is 0 Å². The van der Waals surface area contributed by atoms with Crippen LogP contribution < -0.4 is 4.74 Å². The molecule has 3 aromatic carbocycles. The molecular weight excluding hydrogens is 360 g/mol. The maximum atomic E-state index is 12.3. The summed E-state index contributed by atoms with van der Waals surface area (Å²) >= 11 is 0. The van der Waals surface area contributed by atoms with Gasteiger partial charge in [-0.1, -0.05) is 60.5 Å². The maximum absolute atomic E-state index is 12.3. The molecule has 0 bridgehead atoms. The highest BCUT2D eigenvalue weighted by molar-refractivity contribution is 5.90. The predicted molar refractivity (Wildman–Crippen MR) is 116 cm³/mol. The van der Waals surface area contributed by atoms with Gasteiger partial charge in [-0.2, -0.15) is 0 Å². The molecule has 3 nitrogen and oxygen atoms in total. The van der Waals surface area contributed by atoms with E-state index in [1.807, 2.05) is 81.4 Å². The zero-order valence-corrected chi connectivity index (χ0v) is 16.9. The summed E-state index contributed by atoms with van der Waals surface area (Å²) in [6.45, 7) is 5.96. The highest BCUT2D eigenvalue weighted by atomic mass is 16.6. The number of terminal acetylenes is 1. The maximum Gasteiger partial charge on any atom is 0.338 e. The molecule has 146 valence electrons. The lowest BCUT2D eigenvalue weighted by Crippen LogP contribution is -2.23. The molecule has 0 aromatic heterocycles. The molecule has 3 rings (SSSR count). The van der Waals surface area contributed by atoms with Crippen molar-refractivity contribution in [2.45, 2.75) is 33.0 Å². The van der Waals surface area contributed by atoms with Gasteiger partial charge < -0.3 is 9.47 Å². The quantitative estimate of drug-likeness (QED) is 0.408. The van der Waals surface area contributed by atoms with Crippen molar-refractivity contribution in [1.82, 2.24) is 0 Å². The Hall–Kier alpha value is -3.51. The van der Waals surface area contributed by atoms with Crippen molar-refractivity contribution in [2.75, 3.05) is 0 Å². The van der Waals surface area contributed by atoms with Gasteiger partial charge >= 0.3 is 5.97 Å². The molecular formula is C26H24O3. The summed E-state index contributed by atoms with van der Waals surface area (Å²) in [7, 11) is 0. The smallest absolute Gasteiger partial charge is 0.338 e. The molecule has 3 aromatic rings. The first-order valence-corrected chi connectivity index (χ1v) is 9.47. The number of esters is 1. The number of carbonyl (C=O) groups is 1. The SMILES string of the molecule is C#Cc1cccc(-c2ccc(C(=O)OC(C)(C)C)cc2)c1OCc1ccccc1. The van der Waals surface area contributed by atoms with E-state index in [4.69, 9.17) is 15.9 Å². The fourth-order valence-electron chi connectivity index (χ4n) is 2.89. The minimum atomic E-state index is -0.532. The zero-order valence-electron chi connectivity index (χ0n) is 16.9. The van der Waals surface area contributed by atoms with Gasteiger partial charge in [-0.05, 0) is 50.1 Å². The van der Waals surface area contributed by atoms with Gasteiger partial charge in [0.05, 0.1) is 11.1 Å². The van der Waals surface area contributed by atoms with E-state index < -0.39 is 5.60 Å². The second-order valence-corrected chi connectivity index (χ2v) is 7.68. The van der Waals surface area contributed by atoms with Gasteiger partial charge in [-0.15, -0.1) is 6.42 Å². The Bertz CT molecular complexity index is 1020. The third-order valence-corrected chi connectivity index (χ3v) is 4.23. The lowest BCUT2D eigenvalue weighted by Gasteiger charge is -2.19. The number of para-hydroxylation sites is 1. The van der Waals surface area contributed by atoms with E-state index in [2.05, 4.69) is 5.92 Å². The second kappa shape index (κ2) is 8.67. The number of hydrogen-bond acceptors (Lipinski definition) is 3. The minimum absolute atomic E-state index is 0.345. The van der Waals surface area contributed by atoms with Crippen LogP contribution in [0.3, 0.4) is 0 Å². The van der Waals surface area contributed by atoms with Crippen molar-refractivity contribution in [3.63, 3.8) is 0 Å². The molecule has 0 radical (unpaired) electrons. The standard InChI is InChI=1S/C26H24O3/c1-5-20-12-9-13-23(24(20)28-18-19-10-7-6-8-11-19)21-14-16-22(17-15-21)25(27)29-26(2,3)4/h1,6-17H,18H2,2-4H3. The molecule has 0 aliphatic rings. The molecule has 0 atom stereocenters. The Balaban J connectivity index is 1.88. The first-order valence-electron chi connectivity index (χ1n) is 9.47. The highest BCUT2D eigenvalue weighted by Crippen LogP contribution is 2.34.